The molecule has 0 aromatic rings. The Balaban J connectivity index is 2.76. The highest BCUT2D eigenvalue weighted by Gasteiger charge is 2.32. The predicted octanol–water partition coefficient (Wildman–Crippen LogP) is 1.50. The maximum Gasteiger partial charge on any atom is 0.306 e. The molecule has 2 atom stereocenters. The summed E-state index contributed by atoms with van der Waals surface area (Å²) >= 11 is 11.0. The van der Waals surface area contributed by atoms with E-state index in [0.717, 1.165) is 0 Å². The van der Waals surface area contributed by atoms with Crippen molar-refractivity contribution in [2.45, 2.75) is 18.9 Å². The third-order valence-electron chi connectivity index (χ3n) is 2.04. The third kappa shape index (κ3) is 1.91. The molecule has 12 heavy (non-hydrogen) atoms. The SMILES string of the molecule is N[C@H]1C[C@@H](C(=O)O)CC1=C(Cl)Cl. The van der Waals surface area contributed by atoms with E-state index in [1.165, 1.54) is 0 Å². The van der Waals surface area contributed by atoms with Crippen LogP contribution in [0.25, 0.3) is 0 Å². The fourth-order valence-corrected chi connectivity index (χ4v) is 1.79. The molecule has 0 saturated heterocycles. The maximum absolute atomic E-state index is 10.6. The van der Waals surface area contributed by atoms with E-state index in [1.807, 2.05) is 0 Å². The molecule has 0 aromatic heterocycles. The zero-order chi connectivity index (χ0) is 9.30. The Morgan fingerprint density at radius 3 is 2.42 bits per heavy atom. The van der Waals surface area contributed by atoms with Crippen molar-refractivity contribution < 1.29 is 9.90 Å². The molecule has 1 rings (SSSR count). The van der Waals surface area contributed by atoms with Crippen LogP contribution < -0.4 is 5.73 Å². The zero-order valence-electron chi connectivity index (χ0n) is 6.26. The molecule has 5 heteroatoms. The van der Waals surface area contributed by atoms with Gasteiger partial charge < -0.3 is 10.8 Å². The van der Waals surface area contributed by atoms with Crippen molar-refractivity contribution in [3.05, 3.63) is 10.1 Å². The number of hydrogen-bond donors (Lipinski definition) is 2. The normalized spacial score (nSPS) is 29.1. The average molecular weight is 210 g/mol. The van der Waals surface area contributed by atoms with Crippen molar-refractivity contribution in [1.82, 2.24) is 0 Å². The van der Waals surface area contributed by atoms with Crippen molar-refractivity contribution in [3.63, 3.8) is 0 Å². The topological polar surface area (TPSA) is 63.3 Å². The first-order valence-electron chi connectivity index (χ1n) is 3.54. The Labute approximate surface area is 80.1 Å². The summed E-state index contributed by atoms with van der Waals surface area (Å²) in [6, 6.07) is -0.295. The van der Waals surface area contributed by atoms with Gasteiger partial charge in [0, 0.05) is 6.04 Å². The van der Waals surface area contributed by atoms with E-state index in [-0.39, 0.29) is 10.5 Å². The molecule has 0 aliphatic heterocycles. The predicted molar refractivity (Wildman–Crippen MR) is 47.1 cm³/mol. The Morgan fingerprint density at radius 1 is 1.58 bits per heavy atom. The van der Waals surface area contributed by atoms with Gasteiger partial charge in [-0.3, -0.25) is 4.79 Å². The minimum Gasteiger partial charge on any atom is -0.481 e. The lowest BCUT2D eigenvalue weighted by Gasteiger charge is -2.02. The van der Waals surface area contributed by atoms with Crippen LogP contribution >= 0.6 is 23.2 Å². The molecule has 1 aliphatic carbocycles. The molecule has 1 fully saturated rings. The number of rotatable bonds is 1. The van der Waals surface area contributed by atoms with Crippen molar-refractivity contribution in [2.24, 2.45) is 11.7 Å². The van der Waals surface area contributed by atoms with E-state index in [2.05, 4.69) is 0 Å². The second-order valence-electron chi connectivity index (χ2n) is 2.87. The summed E-state index contributed by atoms with van der Waals surface area (Å²) in [7, 11) is 0. The smallest absolute Gasteiger partial charge is 0.306 e. The largest absolute Gasteiger partial charge is 0.481 e. The molecule has 0 amide bonds. The number of carboxylic acid groups (broad SMARTS) is 1. The van der Waals surface area contributed by atoms with Crippen LogP contribution in [0, 0.1) is 5.92 Å². The average Bonchev–Trinajstić information content (AvgIpc) is 2.30. The van der Waals surface area contributed by atoms with Crippen LogP contribution in [-0.4, -0.2) is 17.1 Å². The second kappa shape index (κ2) is 3.64. The molecule has 0 unspecified atom stereocenters. The first kappa shape index (κ1) is 9.84. The lowest BCUT2D eigenvalue weighted by atomic mass is 10.1. The number of hydrogen-bond acceptors (Lipinski definition) is 2. The van der Waals surface area contributed by atoms with Crippen molar-refractivity contribution in [3.8, 4) is 0 Å². The Morgan fingerprint density at radius 2 is 2.17 bits per heavy atom. The number of carboxylic acids is 1. The van der Waals surface area contributed by atoms with E-state index in [4.69, 9.17) is 34.0 Å². The van der Waals surface area contributed by atoms with Gasteiger partial charge in [-0.1, -0.05) is 23.2 Å². The summed E-state index contributed by atoms with van der Waals surface area (Å²) in [4.78, 5) is 10.6. The summed E-state index contributed by atoms with van der Waals surface area (Å²) in [5.41, 5.74) is 6.28. The van der Waals surface area contributed by atoms with Crippen LogP contribution in [0.5, 0.6) is 0 Å². The highest BCUT2D eigenvalue weighted by Crippen LogP contribution is 2.34. The Hall–Kier alpha value is -0.250. The summed E-state index contributed by atoms with van der Waals surface area (Å²) in [5.74, 6) is -1.27. The first-order chi connectivity index (χ1) is 5.52. The number of carbonyl (C=O) groups is 1. The lowest BCUT2D eigenvalue weighted by molar-refractivity contribution is -0.141. The molecule has 3 nitrogen and oxygen atoms in total. The highest BCUT2D eigenvalue weighted by atomic mass is 35.5. The van der Waals surface area contributed by atoms with Crippen LogP contribution in [-0.2, 0) is 4.79 Å². The molecule has 1 saturated carbocycles. The van der Waals surface area contributed by atoms with Crippen LogP contribution in [0.4, 0.5) is 0 Å². The maximum atomic E-state index is 10.6. The molecule has 0 aromatic carbocycles. The van der Waals surface area contributed by atoms with Crippen molar-refractivity contribution in [2.75, 3.05) is 0 Å². The van der Waals surface area contributed by atoms with E-state index >= 15 is 0 Å². The molecule has 1 aliphatic rings. The highest BCUT2D eigenvalue weighted by molar-refractivity contribution is 6.56. The van der Waals surface area contributed by atoms with Crippen molar-refractivity contribution >= 4 is 29.2 Å². The number of nitrogens with two attached hydrogens (primary N) is 1. The van der Waals surface area contributed by atoms with Crippen LogP contribution in [0.1, 0.15) is 12.8 Å². The lowest BCUT2D eigenvalue weighted by Crippen LogP contribution is -2.19. The second-order valence-corrected chi connectivity index (χ2v) is 3.82. The van der Waals surface area contributed by atoms with Gasteiger partial charge in [-0.2, -0.15) is 0 Å². The van der Waals surface area contributed by atoms with Crippen LogP contribution in [0.3, 0.4) is 0 Å². The summed E-state index contributed by atoms with van der Waals surface area (Å²) in [6.07, 6.45) is 0.798. The van der Waals surface area contributed by atoms with E-state index < -0.39 is 11.9 Å². The molecule has 0 spiro atoms. The summed E-state index contributed by atoms with van der Waals surface area (Å²) in [6.45, 7) is 0. The van der Waals surface area contributed by atoms with Gasteiger partial charge in [0.25, 0.3) is 0 Å². The monoisotopic (exact) mass is 209 g/mol. The van der Waals surface area contributed by atoms with Gasteiger partial charge in [0.1, 0.15) is 4.49 Å². The number of halogens is 2. The molecular formula is C7H9Cl2NO2. The molecule has 0 heterocycles. The summed E-state index contributed by atoms with van der Waals surface area (Å²) in [5, 5.41) is 8.67. The van der Waals surface area contributed by atoms with E-state index in [0.29, 0.717) is 18.4 Å². The quantitative estimate of drug-likeness (QED) is 0.689. The zero-order valence-corrected chi connectivity index (χ0v) is 7.77. The standard InChI is InChI=1S/C7H9Cl2NO2/c8-6(9)4-1-3(7(11)12)2-5(4)10/h3,5H,1-2,10H2,(H,11,12)/t3-,5-/m0/s1. The van der Waals surface area contributed by atoms with E-state index in [9.17, 15) is 4.79 Å². The molecule has 68 valence electrons. The minimum atomic E-state index is -0.838. The van der Waals surface area contributed by atoms with Gasteiger partial charge in [-0.05, 0) is 18.4 Å². The van der Waals surface area contributed by atoms with Gasteiger partial charge in [0.15, 0.2) is 0 Å². The molecular weight excluding hydrogens is 201 g/mol. The van der Waals surface area contributed by atoms with Gasteiger partial charge >= 0.3 is 5.97 Å². The Kier molecular flexibility index (Phi) is 2.99. The minimum absolute atomic E-state index is 0.117. The van der Waals surface area contributed by atoms with Crippen LogP contribution in [0.15, 0.2) is 10.1 Å². The third-order valence-corrected chi connectivity index (χ3v) is 2.53. The summed E-state index contributed by atoms with van der Waals surface area (Å²) < 4.78 is 0.117. The van der Waals surface area contributed by atoms with Gasteiger partial charge in [0.2, 0.25) is 0 Å². The van der Waals surface area contributed by atoms with Gasteiger partial charge in [0.05, 0.1) is 5.92 Å². The Bertz CT molecular complexity index is 236. The van der Waals surface area contributed by atoms with Gasteiger partial charge in [-0.15, -0.1) is 0 Å². The molecule has 3 N–H and O–H groups in total. The van der Waals surface area contributed by atoms with Gasteiger partial charge in [-0.25, -0.2) is 0 Å². The van der Waals surface area contributed by atoms with Crippen molar-refractivity contribution in [1.29, 1.82) is 0 Å². The van der Waals surface area contributed by atoms with E-state index in [1.54, 1.807) is 0 Å². The first-order valence-corrected chi connectivity index (χ1v) is 4.30. The fourth-order valence-electron chi connectivity index (χ4n) is 1.35. The molecule has 0 bridgehead atoms. The molecule has 0 radical (unpaired) electrons. The fraction of sp³-hybridized carbons (Fsp3) is 0.571. The van der Waals surface area contributed by atoms with Crippen LogP contribution in [0.2, 0.25) is 0 Å². The number of aliphatic carboxylic acids is 1.